The predicted molar refractivity (Wildman–Crippen MR) is 108 cm³/mol. The fraction of sp³-hybridized carbons (Fsp3) is 0.750. The average Bonchev–Trinajstić information content (AvgIpc) is 3.34. The predicted octanol–water partition coefficient (Wildman–Crippen LogP) is 7.61. The first-order chi connectivity index (χ1) is 12.4. The Bertz CT molecular complexity index is 502. The standard InChI is InChI=1S/C24H38O/c1-2-3-4-5-6-7-8-9-10-11-12-13-14-15-16-17-21-22(18-19-25)24-20-23(21)24/h19H,2-18H2,1H3. The van der Waals surface area contributed by atoms with Gasteiger partial charge in [0.05, 0.1) is 0 Å². The van der Waals surface area contributed by atoms with Crippen LogP contribution in [0.1, 0.15) is 116 Å². The summed E-state index contributed by atoms with van der Waals surface area (Å²) in [4.78, 5) is 10.6. The summed E-state index contributed by atoms with van der Waals surface area (Å²) in [5.74, 6) is 0. The van der Waals surface area contributed by atoms with Gasteiger partial charge in [-0.25, -0.2) is 0 Å². The molecule has 0 saturated carbocycles. The summed E-state index contributed by atoms with van der Waals surface area (Å²) in [7, 11) is 0. The number of carbonyl (C=O) groups excluding carboxylic acids is 1. The second-order valence-corrected chi connectivity index (χ2v) is 7.90. The van der Waals surface area contributed by atoms with E-state index >= 15 is 0 Å². The highest BCUT2D eigenvalue weighted by Gasteiger charge is 2.35. The van der Waals surface area contributed by atoms with Gasteiger partial charge >= 0.3 is 0 Å². The molecule has 0 saturated heterocycles. The maximum absolute atomic E-state index is 10.6. The molecule has 0 heterocycles. The lowest BCUT2D eigenvalue weighted by atomic mass is 9.83. The number of hydrogen-bond acceptors (Lipinski definition) is 1. The van der Waals surface area contributed by atoms with Gasteiger partial charge in [0.1, 0.15) is 6.29 Å². The molecule has 0 unspecified atom stereocenters. The van der Waals surface area contributed by atoms with Crippen molar-refractivity contribution in [3.05, 3.63) is 28.0 Å². The third-order valence-electron chi connectivity index (χ3n) is 5.72. The molecule has 1 nitrogen and oxygen atoms in total. The maximum Gasteiger partial charge on any atom is 0.124 e. The Morgan fingerprint density at radius 2 is 1.08 bits per heavy atom. The van der Waals surface area contributed by atoms with Crippen LogP contribution in [0.5, 0.6) is 0 Å². The quantitative estimate of drug-likeness (QED) is 0.142. The minimum Gasteiger partial charge on any atom is -0.303 e. The molecule has 0 atom stereocenters. The molecule has 0 aliphatic heterocycles. The Hall–Kier alpha value is -1.07. The Morgan fingerprint density at radius 3 is 1.56 bits per heavy atom. The molecule has 25 heavy (non-hydrogen) atoms. The SMILES string of the molecule is CCCCCCCCCCCCCCCCCC1=C(CC=O)C2=C=C21. The Balaban J connectivity index is 1.29. The van der Waals surface area contributed by atoms with E-state index in [2.05, 4.69) is 12.7 Å². The molecule has 0 fully saturated rings. The zero-order chi connectivity index (χ0) is 17.7. The molecule has 0 aromatic carbocycles. The fourth-order valence-electron chi connectivity index (χ4n) is 4.04. The second kappa shape index (κ2) is 12.3. The van der Waals surface area contributed by atoms with Crippen LogP contribution in [-0.4, -0.2) is 6.29 Å². The number of rotatable bonds is 18. The van der Waals surface area contributed by atoms with E-state index in [1.165, 1.54) is 125 Å². The molecule has 2 aliphatic carbocycles. The van der Waals surface area contributed by atoms with Crippen LogP contribution in [0, 0.1) is 0 Å². The van der Waals surface area contributed by atoms with Gasteiger partial charge in [0.15, 0.2) is 0 Å². The lowest BCUT2D eigenvalue weighted by Crippen LogP contribution is -2.04. The van der Waals surface area contributed by atoms with Gasteiger partial charge in [0.25, 0.3) is 0 Å². The first kappa shape index (κ1) is 20.2. The van der Waals surface area contributed by atoms with E-state index in [1.54, 1.807) is 0 Å². The molecular weight excluding hydrogens is 304 g/mol. The largest absolute Gasteiger partial charge is 0.303 e. The summed E-state index contributed by atoms with van der Waals surface area (Å²) < 4.78 is 0. The number of fused-ring (bicyclic) bond motifs is 1. The smallest absolute Gasteiger partial charge is 0.124 e. The van der Waals surface area contributed by atoms with E-state index in [0.29, 0.717) is 6.42 Å². The summed E-state index contributed by atoms with van der Waals surface area (Å²) in [6.07, 6.45) is 24.0. The highest BCUT2D eigenvalue weighted by atomic mass is 16.1. The van der Waals surface area contributed by atoms with Crippen LogP contribution in [0.2, 0.25) is 0 Å². The molecule has 0 bridgehead atoms. The van der Waals surface area contributed by atoms with Crippen molar-refractivity contribution in [3.63, 3.8) is 0 Å². The molecular formula is C24H38O. The van der Waals surface area contributed by atoms with Gasteiger partial charge in [-0.1, -0.05) is 96.8 Å². The van der Waals surface area contributed by atoms with Crippen molar-refractivity contribution in [2.24, 2.45) is 0 Å². The summed E-state index contributed by atoms with van der Waals surface area (Å²) in [5.41, 5.74) is 8.69. The second-order valence-electron chi connectivity index (χ2n) is 7.90. The van der Waals surface area contributed by atoms with Gasteiger partial charge in [-0.05, 0) is 24.0 Å². The first-order valence-corrected chi connectivity index (χ1v) is 11.1. The molecule has 2 rings (SSSR count). The first-order valence-electron chi connectivity index (χ1n) is 11.1. The van der Waals surface area contributed by atoms with Crippen LogP contribution in [-0.2, 0) is 4.79 Å². The van der Waals surface area contributed by atoms with Crippen molar-refractivity contribution in [2.75, 3.05) is 0 Å². The van der Waals surface area contributed by atoms with Crippen LogP contribution in [0.15, 0.2) is 28.0 Å². The van der Waals surface area contributed by atoms with E-state index in [9.17, 15) is 4.79 Å². The van der Waals surface area contributed by atoms with E-state index in [-0.39, 0.29) is 0 Å². The minimum absolute atomic E-state index is 0.611. The molecule has 1 heteroatoms. The lowest BCUT2D eigenvalue weighted by molar-refractivity contribution is -0.107. The lowest BCUT2D eigenvalue weighted by Gasteiger charge is -2.18. The molecule has 0 aromatic rings. The van der Waals surface area contributed by atoms with Crippen LogP contribution in [0.4, 0.5) is 0 Å². The molecule has 0 N–H and O–H groups in total. The zero-order valence-electron chi connectivity index (χ0n) is 16.5. The third-order valence-corrected chi connectivity index (χ3v) is 5.72. The normalized spacial score (nSPS) is 14.8. The number of aldehydes is 1. The van der Waals surface area contributed by atoms with Gasteiger partial charge < -0.3 is 4.79 Å². The van der Waals surface area contributed by atoms with Gasteiger partial charge in [0.2, 0.25) is 0 Å². The van der Waals surface area contributed by atoms with Crippen molar-refractivity contribution in [1.82, 2.24) is 0 Å². The van der Waals surface area contributed by atoms with Crippen molar-refractivity contribution < 1.29 is 4.79 Å². The Labute approximate surface area is 155 Å². The summed E-state index contributed by atoms with van der Waals surface area (Å²) in [5, 5.41) is 0. The number of hydrogen-bond donors (Lipinski definition) is 0. The number of allylic oxidation sites excluding steroid dienone is 3. The zero-order valence-corrected chi connectivity index (χ0v) is 16.5. The highest BCUT2D eigenvalue weighted by Crippen LogP contribution is 2.50. The van der Waals surface area contributed by atoms with Crippen LogP contribution < -0.4 is 0 Å². The van der Waals surface area contributed by atoms with Crippen molar-refractivity contribution in [1.29, 1.82) is 0 Å². The molecule has 0 radical (unpaired) electrons. The van der Waals surface area contributed by atoms with Gasteiger partial charge in [0, 0.05) is 17.6 Å². The maximum atomic E-state index is 10.6. The topological polar surface area (TPSA) is 17.1 Å². The molecule has 2 aliphatic rings. The molecule has 140 valence electrons. The molecule has 0 aromatic heterocycles. The third kappa shape index (κ3) is 7.37. The van der Waals surface area contributed by atoms with Crippen LogP contribution in [0.25, 0.3) is 0 Å². The monoisotopic (exact) mass is 342 g/mol. The summed E-state index contributed by atoms with van der Waals surface area (Å²) in [6, 6.07) is 0. The van der Waals surface area contributed by atoms with Gasteiger partial charge in [-0.2, -0.15) is 0 Å². The van der Waals surface area contributed by atoms with E-state index in [0.717, 1.165) is 6.29 Å². The molecule has 0 spiro atoms. The number of carbonyl (C=O) groups is 1. The molecule has 0 amide bonds. The van der Waals surface area contributed by atoms with Crippen molar-refractivity contribution in [2.45, 2.75) is 116 Å². The van der Waals surface area contributed by atoms with Crippen molar-refractivity contribution >= 4 is 6.29 Å². The number of unbranched alkanes of at least 4 members (excludes halogenated alkanes) is 14. The average molecular weight is 343 g/mol. The summed E-state index contributed by atoms with van der Waals surface area (Å²) in [6.45, 7) is 2.29. The Kier molecular flexibility index (Phi) is 9.97. The van der Waals surface area contributed by atoms with Crippen LogP contribution >= 0.6 is 0 Å². The van der Waals surface area contributed by atoms with E-state index < -0.39 is 0 Å². The van der Waals surface area contributed by atoms with Crippen molar-refractivity contribution in [3.8, 4) is 0 Å². The van der Waals surface area contributed by atoms with E-state index in [4.69, 9.17) is 0 Å². The fourth-order valence-corrected chi connectivity index (χ4v) is 4.04. The van der Waals surface area contributed by atoms with Gasteiger partial charge in [-0.15, -0.1) is 5.73 Å². The van der Waals surface area contributed by atoms with E-state index in [1.807, 2.05) is 0 Å². The van der Waals surface area contributed by atoms with Gasteiger partial charge in [-0.3, -0.25) is 0 Å². The highest BCUT2D eigenvalue weighted by molar-refractivity contribution is 5.82. The summed E-state index contributed by atoms with van der Waals surface area (Å²) >= 11 is 0. The minimum atomic E-state index is 0.611. The Morgan fingerprint density at radius 1 is 0.640 bits per heavy atom. The van der Waals surface area contributed by atoms with Crippen LogP contribution in [0.3, 0.4) is 0 Å².